The molecular weight excluding hydrogens is 359 g/mol. The van der Waals surface area contributed by atoms with Crippen molar-refractivity contribution in [1.29, 1.82) is 0 Å². The molecule has 0 radical (unpaired) electrons. The summed E-state index contributed by atoms with van der Waals surface area (Å²) >= 11 is 0. The lowest BCUT2D eigenvalue weighted by Gasteiger charge is -2.24. The second kappa shape index (κ2) is 10.5. The van der Waals surface area contributed by atoms with Crippen molar-refractivity contribution in [3.8, 4) is 0 Å². The molecule has 2 atom stereocenters. The van der Waals surface area contributed by atoms with E-state index >= 15 is 0 Å². The Morgan fingerprint density at radius 2 is 1.89 bits per heavy atom. The average Bonchev–Trinajstić information content (AvgIpc) is 2.77. The van der Waals surface area contributed by atoms with Gasteiger partial charge in [0, 0.05) is 18.8 Å². The highest BCUT2D eigenvalue weighted by molar-refractivity contribution is 6.43. The van der Waals surface area contributed by atoms with Gasteiger partial charge in [0.1, 0.15) is 11.7 Å². The summed E-state index contributed by atoms with van der Waals surface area (Å²) in [5, 5.41) is 24.2. The molecule has 1 heterocycles. The first-order valence-electron chi connectivity index (χ1n) is 11.2. The molecule has 2 amide bonds. The van der Waals surface area contributed by atoms with Crippen molar-refractivity contribution in [2.24, 2.45) is 5.92 Å². The zero-order valence-corrected chi connectivity index (χ0v) is 15.6. The van der Waals surface area contributed by atoms with Gasteiger partial charge in [-0.25, -0.2) is 4.98 Å². The van der Waals surface area contributed by atoms with Crippen molar-refractivity contribution in [3.05, 3.63) is 60.1 Å². The molecule has 0 spiro atoms. The molecule has 0 aliphatic carbocycles. The Labute approximate surface area is 171 Å². The molecule has 2 rings (SSSR count). The van der Waals surface area contributed by atoms with E-state index in [-0.39, 0.29) is 23.6 Å². The first kappa shape index (κ1) is 15.2. The largest absolute Gasteiger partial charge is 0.475 e. The number of carbonyl (C=O) groups excluding carboxylic acids is 2. The molecule has 0 saturated carbocycles. The average molecular weight is 389 g/mol. The molecular formula is C19H25BN4O4. The van der Waals surface area contributed by atoms with Crippen LogP contribution in [-0.4, -0.2) is 50.9 Å². The summed E-state index contributed by atoms with van der Waals surface area (Å²) in [6, 6.07) is -4.15. The van der Waals surface area contributed by atoms with E-state index in [1.54, 1.807) is 0 Å². The molecule has 0 saturated heterocycles. The third-order valence-electron chi connectivity index (χ3n) is 3.79. The van der Waals surface area contributed by atoms with E-state index in [2.05, 4.69) is 20.6 Å². The Morgan fingerprint density at radius 1 is 1.18 bits per heavy atom. The molecule has 0 fully saturated rings. The quantitative estimate of drug-likeness (QED) is 0.459. The molecule has 4 N–H and O–H groups in total. The van der Waals surface area contributed by atoms with Gasteiger partial charge in [0.15, 0.2) is 0 Å². The van der Waals surface area contributed by atoms with Crippen LogP contribution in [0, 0.1) is 5.92 Å². The van der Waals surface area contributed by atoms with Gasteiger partial charge in [0.2, 0.25) is 5.91 Å². The van der Waals surface area contributed by atoms with Crippen LogP contribution in [0.5, 0.6) is 0 Å². The van der Waals surface area contributed by atoms with Crippen LogP contribution in [-0.2, 0) is 11.2 Å². The Balaban J connectivity index is 2.41. The Morgan fingerprint density at radius 3 is 2.46 bits per heavy atom. The van der Waals surface area contributed by atoms with E-state index in [1.807, 2.05) is 13.8 Å². The minimum atomic E-state index is -1.87. The van der Waals surface area contributed by atoms with Crippen molar-refractivity contribution in [1.82, 2.24) is 20.6 Å². The van der Waals surface area contributed by atoms with Crippen molar-refractivity contribution in [2.45, 2.75) is 38.7 Å². The van der Waals surface area contributed by atoms with E-state index in [1.165, 1.54) is 18.6 Å². The molecule has 8 nitrogen and oxygen atoms in total. The Hall–Kier alpha value is -2.78. The summed E-state index contributed by atoms with van der Waals surface area (Å²) in [6.45, 7) is 3.64. The lowest BCUT2D eigenvalue weighted by molar-refractivity contribution is -0.123. The maximum Gasteiger partial charge on any atom is 0.475 e. The lowest BCUT2D eigenvalue weighted by Crippen LogP contribution is -2.55. The highest BCUT2D eigenvalue weighted by Crippen LogP contribution is 2.09. The molecule has 0 aliphatic rings. The van der Waals surface area contributed by atoms with Crippen LogP contribution in [0.1, 0.15) is 43.2 Å². The molecule has 148 valence electrons. The number of aromatic nitrogens is 2. The number of nitrogens with one attached hydrogen (secondary N) is 2. The van der Waals surface area contributed by atoms with E-state index in [4.69, 9.17) is 6.85 Å². The molecule has 2 aromatic rings. The van der Waals surface area contributed by atoms with Gasteiger partial charge in [0.05, 0.1) is 19.0 Å². The molecule has 1 aromatic heterocycles. The van der Waals surface area contributed by atoms with Crippen LogP contribution in [0.2, 0.25) is 0 Å². The van der Waals surface area contributed by atoms with Crippen LogP contribution >= 0.6 is 0 Å². The molecule has 0 bridgehead atoms. The molecule has 28 heavy (non-hydrogen) atoms. The van der Waals surface area contributed by atoms with E-state index in [0.29, 0.717) is 0 Å². The van der Waals surface area contributed by atoms with E-state index in [9.17, 15) is 19.6 Å². The molecule has 0 aliphatic heterocycles. The molecule has 1 unspecified atom stereocenters. The van der Waals surface area contributed by atoms with Crippen molar-refractivity contribution >= 4 is 18.9 Å². The van der Waals surface area contributed by atoms with E-state index < -0.39 is 67.5 Å². The van der Waals surface area contributed by atoms with Gasteiger partial charge in [-0.05, 0) is 17.9 Å². The Bertz CT molecular complexity index is 984. The highest BCUT2D eigenvalue weighted by Gasteiger charge is 2.30. The maximum absolute atomic E-state index is 13.0. The van der Waals surface area contributed by atoms with Crippen molar-refractivity contribution in [2.75, 3.05) is 0 Å². The summed E-state index contributed by atoms with van der Waals surface area (Å²) in [5.41, 5.74) is -0.275. The molecule has 9 heteroatoms. The number of nitrogens with zero attached hydrogens (tertiary/aromatic N) is 2. The van der Waals surface area contributed by atoms with Crippen molar-refractivity contribution < 1.29 is 26.5 Å². The predicted octanol–water partition coefficient (Wildman–Crippen LogP) is 0.361. The van der Waals surface area contributed by atoms with Gasteiger partial charge < -0.3 is 20.7 Å². The number of benzene rings is 1. The monoisotopic (exact) mass is 389 g/mol. The topological polar surface area (TPSA) is 124 Å². The minimum Gasteiger partial charge on any atom is -0.426 e. The summed E-state index contributed by atoms with van der Waals surface area (Å²) in [5.74, 6) is -2.64. The highest BCUT2D eigenvalue weighted by atomic mass is 16.4. The number of carbonyl (C=O) groups is 2. The second-order valence-corrected chi connectivity index (χ2v) is 6.58. The molecule has 1 aromatic carbocycles. The fourth-order valence-electron chi connectivity index (χ4n) is 2.49. The van der Waals surface area contributed by atoms with Crippen molar-refractivity contribution in [3.63, 3.8) is 0 Å². The predicted molar refractivity (Wildman–Crippen MR) is 105 cm³/mol. The summed E-state index contributed by atoms with van der Waals surface area (Å²) in [4.78, 5) is 33.3. The second-order valence-electron chi connectivity index (χ2n) is 6.58. The number of hydrogen-bond acceptors (Lipinski definition) is 6. The maximum atomic E-state index is 13.0. The smallest absolute Gasteiger partial charge is 0.426 e. The fourth-order valence-corrected chi connectivity index (χ4v) is 2.49. The first-order chi connectivity index (χ1) is 15.4. The van der Waals surface area contributed by atoms with Crippen LogP contribution in [0.4, 0.5) is 0 Å². The lowest BCUT2D eigenvalue weighted by atomic mass is 9.75. The standard InChI is InChI=1S/C19H25BN4O4/c1-13(2)10-17(20(27)28)24-18(25)15(11-14-6-4-3-5-7-14)23-19(26)16-12-21-8-9-22-16/h3-9,12-13,15,17,27-28H,10-11H2,1-2H3,(H,23,26)(H,24,25)/t15-,17?/m1/s1/i3D,4D,5D,6D,7D. The van der Waals surface area contributed by atoms with Crippen LogP contribution in [0.25, 0.3) is 0 Å². The van der Waals surface area contributed by atoms with Gasteiger partial charge in [-0.3, -0.25) is 14.6 Å². The summed E-state index contributed by atoms with van der Waals surface area (Å²) in [6.07, 6.45) is 3.59. The summed E-state index contributed by atoms with van der Waals surface area (Å²) in [7, 11) is -1.87. The normalized spacial score (nSPS) is 15.4. The van der Waals surface area contributed by atoms with Gasteiger partial charge in [0.25, 0.3) is 5.91 Å². The minimum absolute atomic E-state index is 0.00534. The van der Waals surface area contributed by atoms with Crippen LogP contribution in [0.3, 0.4) is 0 Å². The SMILES string of the molecule is [2H]c1c([2H])c([2H])c(C[C@@H](NC(=O)c2cnccn2)C(=O)NC(CC(C)C)B(O)O)c([2H])c1[2H]. The third kappa shape index (κ3) is 6.75. The number of hydrogen-bond donors (Lipinski definition) is 4. The van der Waals surface area contributed by atoms with Gasteiger partial charge in [-0.1, -0.05) is 44.1 Å². The first-order valence-corrected chi connectivity index (χ1v) is 8.73. The number of amides is 2. The van der Waals surface area contributed by atoms with Gasteiger partial charge >= 0.3 is 7.12 Å². The van der Waals surface area contributed by atoms with Gasteiger partial charge in [-0.2, -0.15) is 0 Å². The third-order valence-corrected chi connectivity index (χ3v) is 3.79. The number of rotatable bonds is 9. The van der Waals surface area contributed by atoms with Crippen LogP contribution in [0.15, 0.2) is 48.8 Å². The van der Waals surface area contributed by atoms with Gasteiger partial charge in [-0.15, -0.1) is 0 Å². The zero-order chi connectivity index (χ0) is 24.9. The zero-order valence-electron chi connectivity index (χ0n) is 20.6. The fraction of sp³-hybridized carbons (Fsp3) is 0.368. The summed E-state index contributed by atoms with van der Waals surface area (Å²) < 4.78 is 39.6. The Kier molecular flexibility index (Phi) is 5.71. The van der Waals surface area contributed by atoms with Crippen LogP contribution < -0.4 is 10.6 Å². The van der Waals surface area contributed by atoms with E-state index in [0.717, 1.165) is 0 Å².